The van der Waals surface area contributed by atoms with Crippen LogP contribution in [0.5, 0.6) is 0 Å². The summed E-state index contributed by atoms with van der Waals surface area (Å²) in [6.45, 7) is 8.54. The minimum absolute atomic E-state index is 0.0683. The van der Waals surface area contributed by atoms with E-state index in [0.29, 0.717) is 13.0 Å². The molecule has 2 rings (SSSR count). The summed E-state index contributed by atoms with van der Waals surface area (Å²) in [6, 6.07) is 6.59. The van der Waals surface area contributed by atoms with E-state index in [9.17, 15) is 14.9 Å². The number of imidazole rings is 1. The van der Waals surface area contributed by atoms with Gasteiger partial charge in [-0.3, -0.25) is 14.9 Å². The topological polar surface area (TPSA) is 87.3 Å². The zero-order chi connectivity index (χ0) is 19.3. The van der Waals surface area contributed by atoms with Gasteiger partial charge in [0.1, 0.15) is 10.9 Å². The van der Waals surface area contributed by atoms with E-state index in [4.69, 9.17) is 9.72 Å². The summed E-state index contributed by atoms with van der Waals surface area (Å²) in [6.07, 6.45) is 0.530. The van der Waals surface area contributed by atoms with Gasteiger partial charge >= 0.3 is 5.97 Å². The van der Waals surface area contributed by atoms with Crippen LogP contribution in [0.15, 0.2) is 34.2 Å². The van der Waals surface area contributed by atoms with Crippen LogP contribution in [-0.2, 0) is 22.5 Å². The van der Waals surface area contributed by atoms with Gasteiger partial charge in [-0.2, -0.15) is 0 Å². The fraction of sp³-hybridized carbons (Fsp3) is 0.444. The molecule has 8 heteroatoms. The Bertz CT molecular complexity index is 802. The Morgan fingerprint density at radius 2 is 2.15 bits per heavy atom. The SMILES string of the molecule is CCn1c(CCOC(C)=O)nc(C(C)C)c1Sc1cccc([N+](=O)[O-])c1. The second-order valence-corrected chi connectivity index (χ2v) is 7.13. The summed E-state index contributed by atoms with van der Waals surface area (Å²) in [5, 5.41) is 12.0. The van der Waals surface area contributed by atoms with E-state index in [-0.39, 0.29) is 24.2 Å². The monoisotopic (exact) mass is 377 g/mol. The predicted molar refractivity (Wildman–Crippen MR) is 99.5 cm³/mol. The van der Waals surface area contributed by atoms with Crippen molar-refractivity contribution < 1.29 is 14.5 Å². The molecule has 0 aliphatic rings. The van der Waals surface area contributed by atoms with E-state index >= 15 is 0 Å². The Labute approximate surface area is 156 Å². The Balaban J connectivity index is 2.36. The highest BCUT2D eigenvalue weighted by Gasteiger charge is 2.20. The Kier molecular flexibility index (Phi) is 6.79. The zero-order valence-corrected chi connectivity index (χ0v) is 16.2. The lowest BCUT2D eigenvalue weighted by atomic mass is 10.1. The van der Waals surface area contributed by atoms with Gasteiger partial charge in [-0.25, -0.2) is 4.98 Å². The number of esters is 1. The van der Waals surface area contributed by atoms with Crippen molar-refractivity contribution >= 4 is 23.4 Å². The molecular formula is C18H23N3O4S. The number of benzene rings is 1. The molecule has 0 amide bonds. The molecule has 0 bridgehead atoms. The van der Waals surface area contributed by atoms with Crippen LogP contribution in [0.4, 0.5) is 5.69 Å². The first-order chi connectivity index (χ1) is 12.3. The van der Waals surface area contributed by atoms with Crippen molar-refractivity contribution in [2.24, 2.45) is 0 Å². The molecule has 1 aromatic heterocycles. The van der Waals surface area contributed by atoms with Crippen molar-refractivity contribution in [3.05, 3.63) is 45.9 Å². The third kappa shape index (κ3) is 4.85. The van der Waals surface area contributed by atoms with Gasteiger partial charge in [0, 0.05) is 36.9 Å². The van der Waals surface area contributed by atoms with Gasteiger partial charge in [-0.1, -0.05) is 31.7 Å². The smallest absolute Gasteiger partial charge is 0.302 e. The number of non-ortho nitro benzene ring substituents is 1. The van der Waals surface area contributed by atoms with Crippen molar-refractivity contribution in [3.63, 3.8) is 0 Å². The van der Waals surface area contributed by atoms with Crippen molar-refractivity contribution in [2.75, 3.05) is 6.61 Å². The second kappa shape index (κ2) is 8.84. The van der Waals surface area contributed by atoms with Crippen LogP contribution < -0.4 is 0 Å². The van der Waals surface area contributed by atoms with Crippen molar-refractivity contribution in [3.8, 4) is 0 Å². The molecule has 7 nitrogen and oxygen atoms in total. The maximum Gasteiger partial charge on any atom is 0.302 e. The molecule has 1 heterocycles. The first-order valence-corrected chi connectivity index (χ1v) is 9.30. The number of hydrogen-bond donors (Lipinski definition) is 0. The van der Waals surface area contributed by atoms with Gasteiger partial charge in [-0.05, 0) is 18.9 Å². The van der Waals surface area contributed by atoms with E-state index in [1.54, 1.807) is 12.1 Å². The van der Waals surface area contributed by atoms with E-state index in [1.807, 2.05) is 13.0 Å². The number of nitro benzene ring substituents is 1. The van der Waals surface area contributed by atoms with Crippen LogP contribution in [0.25, 0.3) is 0 Å². The molecule has 1 aromatic carbocycles. The molecule has 0 saturated heterocycles. The van der Waals surface area contributed by atoms with Gasteiger partial charge in [0.2, 0.25) is 0 Å². The normalized spacial score (nSPS) is 11.0. The summed E-state index contributed by atoms with van der Waals surface area (Å²) in [4.78, 5) is 27.2. The van der Waals surface area contributed by atoms with E-state index in [2.05, 4.69) is 18.4 Å². The van der Waals surface area contributed by atoms with Crippen LogP contribution >= 0.6 is 11.8 Å². The largest absolute Gasteiger partial charge is 0.465 e. The lowest BCUT2D eigenvalue weighted by Crippen LogP contribution is -2.09. The lowest BCUT2D eigenvalue weighted by molar-refractivity contribution is -0.385. The van der Waals surface area contributed by atoms with Crippen LogP contribution in [0, 0.1) is 10.1 Å². The molecule has 0 N–H and O–H groups in total. The molecule has 0 aliphatic carbocycles. The molecule has 0 atom stereocenters. The summed E-state index contributed by atoms with van der Waals surface area (Å²) >= 11 is 1.47. The minimum atomic E-state index is -0.394. The second-order valence-electron chi connectivity index (χ2n) is 6.06. The third-order valence-corrected chi connectivity index (χ3v) is 4.87. The standard InChI is InChI=1S/C18H23N3O4S/c1-5-20-16(9-10-25-13(4)22)19-17(12(2)3)18(20)26-15-8-6-7-14(11-15)21(23)24/h6-8,11-12H,5,9-10H2,1-4H3. The van der Waals surface area contributed by atoms with Gasteiger partial charge in [0.15, 0.2) is 0 Å². The number of carbonyl (C=O) groups is 1. The number of aromatic nitrogens is 2. The number of hydrogen-bond acceptors (Lipinski definition) is 6. The highest BCUT2D eigenvalue weighted by molar-refractivity contribution is 7.99. The third-order valence-electron chi connectivity index (χ3n) is 3.76. The number of ether oxygens (including phenoxy) is 1. The maximum absolute atomic E-state index is 11.0. The first-order valence-electron chi connectivity index (χ1n) is 8.48. The Morgan fingerprint density at radius 3 is 2.73 bits per heavy atom. The average molecular weight is 377 g/mol. The average Bonchev–Trinajstić information content (AvgIpc) is 2.92. The molecule has 0 unspecified atom stereocenters. The Morgan fingerprint density at radius 1 is 1.42 bits per heavy atom. The summed E-state index contributed by atoms with van der Waals surface area (Å²) in [7, 11) is 0. The predicted octanol–water partition coefficient (Wildman–Crippen LogP) is 4.19. The van der Waals surface area contributed by atoms with Gasteiger partial charge in [0.25, 0.3) is 5.69 Å². The summed E-state index contributed by atoms with van der Waals surface area (Å²) in [5.74, 6) is 0.747. The molecule has 0 spiro atoms. The van der Waals surface area contributed by atoms with E-state index in [0.717, 1.165) is 21.4 Å². The van der Waals surface area contributed by atoms with Crippen molar-refractivity contribution in [1.82, 2.24) is 9.55 Å². The molecule has 0 radical (unpaired) electrons. The fourth-order valence-electron chi connectivity index (χ4n) is 2.56. The molecule has 0 fully saturated rings. The maximum atomic E-state index is 11.0. The van der Waals surface area contributed by atoms with Gasteiger partial charge in [0.05, 0.1) is 17.2 Å². The van der Waals surface area contributed by atoms with Crippen LogP contribution in [0.3, 0.4) is 0 Å². The molecule has 140 valence electrons. The molecule has 0 saturated carbocycles. The summed E-state index contributed by atoms with van der Waals surface area (Å²) < 4.78 is 7.13. The van der Waals surface area contributed by atoms with Crippen LogP contribution in [0.2, 0.25) is 0 Å². The number of nitro groups is 1. The number of nitrogens with zero attached hydrogens (tertiary/aromatic N) is 3. The summed E-state index contributed by atoms with van der Waals surface area (Å²) in [5.41, 5.74) is 1.01. The quantitative estimate of drug-likeness (QED) is 0.389. The first kappa shape index (κ1) is 20.0. The fourth-order valence-corrected chi connectivity index (χ4v) is 3.84. The van der Waals surface area contributed by atoms with E-state index < -0.39 is 4.92 Å². The lowest BCUT2D eigenvalue weighted by Gasteiger charge is -2.11. The molecular weight excluding hydrogens is 354 g/mol. The van der Waals surface area contributed by atoms with Crippen molar-refractivity contribution in [2.45, 2.75) is 56.5 Å². The van der Waals surface area contributed by atoms with E-state index in [1.165, 1.54) is 24.8 Å². The van der Waals surface area contributed by atoms with Crippen molar-refractivity contribution in [1.29, 1.82) is 0 Å². The molecule has 2 aromatic rings. The van der Waals surface area contributed by atoms with Crippen LogP contribution in [-0.4, -0.2) is 27.1 Å². The number of rotatable bonds is 8. The highest BCUT2D eigenvalue weighted by Crippen LogP contribution is 2.36. The molecule has 0 aliphatic heterocycles. The zero-order valence-electron chi connectivity index (χ0n) is 15.4. The van der Waals surface area contributed by atoms with Gasteiger partial charge in [-0.15, -0.1) is 0 Å². The number of carbonyl (C=O) groups excluding carboxylic acids is 1. The Hall–Kier alpha value is -2.35. The highest BCUT2D eigenvalue weighted by atomic mass is 32.2. The molecule has 26 heavy (non-hydrogen) atoms. The van der Waals surface area contributed by atoms with Gasteiger partial charge < -0.3 is 9.30 Å². The van der Waals surface area contributed by atoms with Crippen LogP contribution in [0.1, 0.15) is 45.1 Å². The minimum Gasteiger partial charge on any atom is -0.465 e.